The molecule has 4 saturated carbocycles. The van der Waals surface area contributed by atoms with Gasteiger partial charge in [0.1, 0.15) is 0 Å². The van der Waals surface area contributed by atoms with E-state index in [-0.39, 0.29) is 34.7 Å². The molecule has 4 aliphatic rings. The number of aliphatic hydroxyl groups is 2. The van der Waals surface area contributed by atoms with Crippen LogP contribution < -0.4 is 5.32 Å². The van der Waals surface area contributed by atoms with Gasteiger partial charge in [-0.3, -0.25) is 0 Å². The third kappa shape index (κ3) is 4.90. The van der Waals surface area contributed by atoms with Crippen molar-refractivity contribution in [2.24, 2.45) is 52.3 Å². The first-order valence-electron chi connectivity index (χ1n) is 14.6. The van der Waals surface area contributed by atoms with Crippen LogP contribution in [0.4, 0.5) is 4.79 Å². The van der Waals surface area contributed by atoms with Gasteiger partial charge in [-0.2, -0.15) is 0 Å². The fraction of sp³-hybridized carbons (Fsp3) is 0.967. The van der Waals surface area contributed by atoms with Gasteiger partial charge < -0.3 is 20.3 Å². The summed E-state index contributed by atoms with van der Waals surface area (Å²) in [5.74, 6) is 3.42. The molecule has 3 N–H and O–H groups in total. The van der Waals surface area contributed by atoms with Crippen molar-refractivity contribution in [3.05, 3.63) is 0 Å². The normalized spacial score (nSPS) is 46.2. The second-order valence-electron chi connectivity index (χ2n) is 14.4. The molecule has 202 valence electrons. The minimum atomic E-state index is -0.322. The standard InChI is InChI=1S/C30H53NO4/c1-8-20-24-17-19(32)11-14-30(24,7)23-12-15-29(6)21(9-10-22(29)25(23)26(20)33)18(2)13-16-35-27(34)31-28(3,4)5/h18-26,32-33H,8-17H2,1-7H3,(H,31,34)/t18-,19-,20-,21-,22+,23+,24+,25+,26-,29-,30-/m1/s1. The number of nitrogens with one attached hydrogen (secondary N) is 1. The molecule has 4 fully saturated rings. The van der Waals surface area contributed by atoms with Gasteiger partial charge in [-0.25, -0.2) is 4.79 Å². The van der Waals surface area contributed by atoms with Crippen molar-refractivity contribution in [2.45, 2.75) is 124 Å². The molecule has 0 aromatic heterocycles. The van der Waals surface area contributed by atoms with Gasteiger partial charge in [0.15, 0.2) is 0 Å². The van der Waals surface area contributed by atoms with Gasteiger partial charge in [-0.15, -0.1) is 0 Å². The molecule has 11 atom stereocenters. The first kappa shape index (κ1) is 27.2. The molecule has 0 aromatic rings. The molecule has 0 heterocycles. The van der Waals surface area contributed by atoms with Crippen LogP contribution in [0.5, 0.6) is 0 Å². The van der Waals surface area contributed by atoms with Crippen molar-refractivity contribution < 1.29 is 19.7 Å². The molecule has 35 heavy (non-hydrogen) atoms. The van der Waals surface area contributed by atoms with Crippen LogP contribution in [-0.4, -0.2) is 40.7 Å². The van der Waals surface area contributed by atoms with Gasteiger partial charge in [0, 0.05) is 5.54 Å². The lowest BCUT2D eigenvalue weighted by Gasteiger charge is -2.64. The maximum Gasteiger partial charge on any atom is 0.407 e. The average molecular weight is 492 g/mol. The van der Waals surface area contributed by atoms with Crippen LogP contribution in [0.1, 0.15) is 106 Å². The summed E-state index contributed by atoms with van der Waals surface area (Å²) in [7, 11) is 0. The fourth-order valence-corrected chi connectivity index (χ4v) is 9.81. The van der Waals surface area contributed by atoms with E-state index in [1.54, 1.807) is 0 Å². The number of amides is 1. The number of aliphatic hydroxyl groups excluding tert-OH is 2. The molecule has 0 spiro atoms. The first-order valence-corrected chi connectivity index (χ1v) is 14.6. The van der Waals surface area contributed by atoms with E-state index in [0.29, 0.717) is 48.0 Å². The monoisotopic (exact) mass is 491 g/mol. The quantitative estimate of drug-likeness (QED) is 0.430. The van der Waals surface area contributed by atoms with E-state index in [4.69, 9.17) is 4.74 Å². The van der Waals surface area contributed by atoms with Crippen LogP contribution in [0.3, 0.4) is 0 Å². The Bertz CT molecular complexity index is 764. The van der Waals surface area contributed by atoms with E-state index in [1.807, 2.05) is 20.8 Å². The predicted molar refractivity (Wildman–Crippen MR) is 140 cm³/mol. The molecule has 0 unspecified atom stereocenters. The highest BCUT2D eigenvalue weighted by Gasteiger charge is 2.64. The van der Waals surface area contributed by atoms with Crippen molar-refractivity contribution in [2.75, 3.05) is 6.61 Å². The first-order chi connectivity index (χ1) is 16.3. The molecule has 0 saturated heterocycles. The zero-order valence-electron chi connectivity index (χ0n) is 23.5. The van der Waals surface area contributed by atoms with Crippen LogP contribution in [0, 0.1) is 52.3 Å². The Hall–Kier alpha value is -0.810. The van der Waals surface area contributed by atoms with Crippen molar-refractivity contribution in [1.82, 2.24) is 5.32 Å². The number of alkyl carbamates (subject to hydrolysis) is 1. The lowest BCUT2D eigenvalue weighted by molar-refractivity contribution is -0.203. The molecule has 4 rings (SSSR count). The van der Waals surface area contributed by atoms with Crippen LogP contribution in [0.25, 0.3) is 0 Å². The van der Waals surface area contributed by atoms with Gasteiger partial charge >= 0.3 is 6.09 Å². The summed E-state index contributed by atoms with van der Waals surface area (Å²) >= 11 is 0. The van der Waals surface area contributed by atoms with Crippen molar-refractivity contribution in [3.63, 3.8) is 0 Å². The highest BCUT2D eigenvalue weighted by Crippen LogP contribution is 2.69. The number of hydrogen-bond donors (Lipinski definition) is 3. The van der Waals surface area contributed by atoms with Crippen molar-refractivity contribution in [3.8, 4) is 0 Å². The van der Waals surface area contributed by atoms with Crippen LogP contribution >= 0.6 is 0 Å². The van der Waals surface area contributed by atoms with Crippen LogP contribution in [0.15, 0.2) is 0 Å². The Kier molecular flexibility index (Phi) is 7.64. The van der Waals surface area contributed by atoms with Gasteiger partial charge in [-0.05, 0) is 124 Å². The number of hydrogen-bond acceptors (Lipinski definition) is 4. The fourth-order valence-electron chi connectivity index (χ4n) is 9.81. The number of rotatable bonds is 5. The maximum absolute atomic E-state index is 12.1. The summed E-state index contributed by atoms with van der Waals surface area (Å²) in [4.78, 5) is 12.1. The molecule has 0 aliphatic heterocycles. The topological polar surface area (TPSA) is 78.8 Å². The number of carbonyl (C=O) groups is 1. The van der Waals surface area contributed by atoms with Gasteiger partial charge in [-0.1, -0.05) is 34.1 Å². The highest BCUT2D eigenvalue weighted by atomic mass is 16.5. The number of fused-ring (bicyclic) bond motifs is 5. The average Bonchev–Trinajstić information content (AvgIpc) is 3.11. The molecule has 0 bridgehead atoms. The SMILES string of the molecule is CC[C@H]1[C@@H](O)[C@@H]2[C@H](CC[C@]3(C)[C@@H]([C@H](C)CCOC(=O)NC(C)(C)C)CC[C@@H]23)[C@@]2(C)CC[C@@H](O)C[C@@H]12. The predicted octanol–water partition coefficient (Wildman–Crippen LogP) is 6.16. The Morgan fingerprint density at radius 3 is 2.34 bits per heavy atom. The lowest BCUT2D eigenvalue weighted by atomic mass is 9.41. The maximum atomic E-state index is 12.1. The summed E-state index contributed by atoms with van der Waals surface area (Å²) in [5.41, 5.74) is 0.227. The molecular weight excluding hydrogens is 438 g/mol. The number of ether oxygens (including phenoxy) is 1. The van der Waals surface area contributed by atoms with Crippen molar-refractivity contribution >= 4 is 6.09 Å². The largest absolute Gasteiger partial charge is 0.450 e. The second-order valence-corrected chi connectivity index (χ2v) is 14.4. The highest BCUT2D eigenvalue weighted by molar-refractivity contribution is 5.68. The third-order valence-electron chi connectivity index (χ3n) is 11.4. The minimum absolute atomic E-state index is 0.191. The molecule has 4 aliphatic carbocycles. The minimum Gasteiger partial charge on any atom is -0.450 e. The van der Waals surface area contributed by atoms with E-state index < -0.39 is 0 Å². The van der Waals surface area contributed by atoms with E-state index in [9.17, 15) is 15.0 Å². The summed E-state index contributed by atoms with van der Waals surface area (Å²) in [6.45, 7) is 16.0. The van der Waals surface area contributed by atoms with E-state index >= 15 is 0 Å². The smallest absolute Gasteiger partial charge is 0.407 e. The van der Waals surface area contributed by atoms with Gasteiger partial charge in [0.25, 0.3) is 0 Å². The van der Waals surface area contributed by atoms with Gasteiger partial charge in [0.05, 0.1) is 18.8 Å². The Morgan fingerprint density at radius 2 is 1.69 bits per heavy atom. The summed E-state index contributed by atoms with van der Waals surface area (Å²) in [5, 5.41) is 25.2. The molecular formula is C30H53NO4. The second kappa shape index (κ2) is 9.82. The number of carbonyl (C=O) groups excluding carboxylic acids is 1. The van der Waals surface area contributed by atoms with Crippen LogP contribution in [0.2, 0.25) is 0 Å². The molecule has 0 aromatic carbocycles. The summed E-state index contributed by atoms with van der Waals surface area (Å²) < 4.78 is 5.52. The Morgan fingerprint density at radius 1 is 1.03 bits per heavy atom. The van der Waals surface area contributed by atoms with Crippen molar-refractivity contribution in [1.29, 1.82) is 0 Å². The lowest BCUT2D eigenvalue weighted by Crippen LogP contribution is -2.62. The zero-order valence-corrected chi connectivity index (χ0v) is 23.5. The molecule has 0 radical (unpaired) electrons. The van der Waals surface area contributed by atoms with E-state index in [1.165, 1.54) is 25.7 Å². The summed E-state index contributed by atoms with van der Waals surface area (Å²) in [6, 6.07) is 0. The van der Waals surface area contributed by atoms with E-state index in [0.717, 1.165) is 32.1 Å². The van der Waals surface area contributed by atoms with Gasteiger partial charge in [0.2, 0.25) is 0 Å². The van der Waals surface area contributed by atoms with E-state index in [2.05, 4.69) is 33.0 Å². The third-order valence-corrected chi connectivity index (χ3v) is 11.4. The summed E-state index contributed by atoms with van der Waals surface area (Å²) in [6.07, 6.45) is 8.96. The molecule has 5 nitrogen and oxygen atoms in total. The molecule has 1 amide bonds. The Balaban J connectivity index is 1.46. The zero-order chi connectivity index (χ0) is 25.8. The molecule has 5 heteroatoms. The van der Waals surface area contributed by atoms with Crippen LogP contribution in [-0.2, 0) is 4.74 Å². The Labute approximate surface area is 214 Å².